The smallest absolute Gasteiger partial charge is 0.298 e. The summed E-state index contributed by atoms with van der Waals surface area (Å²) in [5.74, 6) is 0. The largest absolute Gasteiger partial charge is 0.423 e. The van der Waals surface area contributed by atoms with Crippen LogP contribution in [-0.4, -0.2) is 41.0 Å². The standard InChI is InChI=1S/C12H14N4O3/c1-15-6-5-8(7-15)13-12-14-11-9(16(17)18)3-2-4-10(11)19-12/h2-4,8H,5-7H2,1H3,(H,13,14). The van der Waals surface area contributed by atoms with Gasteiger partial charge in [0.1, 0.15) is 0 Å². The predicted octanol–water partition coefficient (Wildman–Crippen LogP) is 1.85. The second-order valence-electron chi connectivity index (χ2n) is 4.79. The van der Waals surface area contributed by atoms with Gasteiger partial charge in [-0.2, -0.15) is 4.98 Å². The zero-order valence-corrected chi connectivity index (χ0v) is 10.5. The first kappa shape index (κ1) is 11.9. The van der Waals surface area contributed by atoms with Gasteiger partial charge < -0.3 is 14.6 Å². The lowest BCUT2D eigenvalue weighted by molar-refractivity contribution is -0.383. The van der Waals surface area contributed by atoms with E-state index < -0.39 is 4.92 Å². The lowest BCUT2D eigenvalue weighted by Gasteiger charge is -2.10. The zero-order chi connectivity index (χ0) is 13.4. The van der Waals surface area contributed by atoms with Gasteiger partial charge in [-0.15, -0.1) is 0 Å². The molecule has 3 rings (SSSR count). The number of fused-ring (bicyclic) bond motifs is 1. The first-order valence-electron chi connectivity index (χ1n) is 6.12. The first-order chi connectivity index (χ1) is 9.13. The third-order valence-electron chi connectivity index (χ3n) is 3.31. The molecule has 0 radical (unpaired) electrons. The average Bonchev–Trinajstić information content (AvgIpc) is 2.94. The fraction of sp³-hybridized carbons (Fsp3) is 0.417. The molecule has 0 spiro atoms. The normalized spacial score (nSPS) is 19.9. The molecule has 1 atom stereocenters. The molecular weight excluding hydrogens is 248 g/mol. The van der Waals surface area contributed by atoms with Crippen LogP contribution in [0.5, 0.6) is 0 Å². The molecule has 1 fully saturated rings. The number of para-hydroxylation sites is 1. The van der Waals surface area contributed by atoms with Gasteiger partial charge in [0.05, 0.1) is 4.92 Å². The number of nitro benzene ring substituents is 1. The number of anilines is 1. The number of non-ortho nitro benzene ring substituents is 1. The number of oxazole rings is 1. The van der Waals surface area contributed by atoms with E-state index in [1.807, 2.05) is 0 Å². The van der Waals surface area contributed by atoms with Crippen LogP contribution in [0.4, 0.5) is 11.7 Å². The molecule has 100 valence electrons. The van der Waals surface area contributed by atoms with Crippen molar-refractivity contribution < 1.29 is 9.34 Å². The van der Waals surface area contributed by atoms with Crippen LogP contribution in [0.25, 0.3) is 11.1 Å². The third kappa shape index (κ3) is 2.24. The number of likely N-dealkylation sites (tertiary alicyclic amines) is 1. The minimum absolute atomic E-state index is 0.0298. The Hall–Kier alpha value is -2.15. The van der Waals surface area contributed by atoms with Gasteiger partial charge in [-0.3, -0.25) is 10.1 Å². The highest BCUT2D eigenvalue weighted by Gasteiger charge is 2.22. The van der Waals surface area contributed by atoms with Crippen LogP contribution >= 0.6 is 0 Å². The molecule has 7 nitrogen and oxygen atoms in total. The number of aromatic nitrogens is 1. The SMILES string of the molecule is CN1CCC(Nc2nc3c([N+](=O)[O-])cccc3o2)C1. The van der Waals surface area contributed by atoms with Crippen molar-refractivity contribution in [3.8, 4) is 0 Å². The lowest BCUT2D eigenvalue weighted by atomic mass is 10.3. The van der Waals surface area contributed by atoms with Gasteiger partial charge in [0.15, 0.2) is 11.1 Å². The number of nitrogens with zero attached hydrogens (tertiary/aromatic N) is 3. The lowest BCUT2D eigenvalue weighted by Crippen LogP contribution is -2.23. The van der Waals surface area contributed by atoms with E-state index in [-0.39, 0.29) is 11.7 Å². The van der Waals surface area contributed by atoms with Crippen LogP contribution in [0.2, 0.25) is 0 Å². The van der Waals surface area contributed by atoms with Crippen LogP contribution < -0.4 is 5.32 Å². The molecule has 2 aromatic rings. The second-order valence-corrected chi connectivity index (χ2v) is 4.79. The van der Waals surface area contributed by atoms with E-state index in [1.54, 1.807) is 12.1 Å². The fourth-order valence-corrected chi connectivity index (χ4v) is 2.37. The molecule has 19 heavy (non-hydrogen) atoms. The van der Waals surface area contributed by atoms with E-state index in [4.69, 9.17) is 4.42 Å². The van der Waals surface area contributed by atoms with Crippen molar-refractivity contribution in [3.05, 3.63) is 28.3 Å². The summed E-state index contributed by atoms with van der Waals surface area (Å²) in [7, 11) is 2.05. The Morgan fingerprint density at radius 2 is 2.42 bits per heavy atom. The molecule has 2 heterocycles. The van der Waals surface area contributed by atoms with Crippen LogP contribution in [0.1, 0.15) is 6.42 Å². The van der Waals surface area contributed by atoms with E-state index >= 15 is 0 Å². The maximum absolute atomic E-state index is 10.9. The van der Waals surface area contributed by atoms with Gasteiger partial charge in [0.25, 0.3) is 11.7 Å². The van der Waals surface area contributed by atoms with E-state index in [0.717, 1.165) is 19.5 Å². The van der Waals surface area contributed by atoms with Crippen molar-refractivity contribution in [3.63, 3.8) is 0 Å². The van der Waals surface area contributed by atoms with Crippen LogP contribution in [0.15, 0.2) is 22.6 Å². The summed E-state index contributed by atoms with van der Waals surface area (Å²) >= 11 is 0. The number of likely N-dealkylation sites (N-methyl/N-ethyl adjacent to an activating group) is 1. The van der Waals surface area contributed by atoms with Gasteiger partial charge in [0.2, 0.25) is 0 Å². The molecule has 1 saturated heterocycles. The topological polar surface area (TPSA) is 84.4 Å². The Balaban J connectivity index is 1.89. The fourth-order valence-electron chi connectivity index (χ4n) is 2.37. The Labute approximate surface area is 109 Å². The van der Waals surface area contributed by atoms with E-state index in [1.165, 1.54) is 6.07 Å². The second kappa shape index (κ2) is 4.51. The molecule has 1 aliphatic heterocycles. The average molecular weight is 262 g/mol. The molecule has 1 aliphatic rings. The van der Waals surface area contributed by atoms with Crippen molar-refractivity contribution >= 4 is 22.8 Å². The van der Waals surface area contributed by atoms with Crippen molar-refractivity contribution in [2.24, 2.45) is 0 Å². The van der Waals surface area contributed by atoms with Crippen LogP contribution in [-0.2, 0) is 0 Å². The summed E-state index contributed by atoms with van der Waals surface area (Å²) in [4.78, 5) is 16.9. The molecule has 0 bridgehead atoms. The molecule has 1 aromatic heterocycles. The summed E-state index contributed by atoms with van der Waals surface area (Å²) in [5, 5.41) is 14.1. The number of rotatable bonds is 3. The molecule has 1 aromatic carbocycles. The molecule has 0 amide bonds. The van der Waals surface area contributed by atoms with Crippen LogP contribution in [0.3, 0.4) is 0 Å². The molecule has 1 N–H and O–H groups in total. The molecule has 1 unspecified atom stereocenters. The minimum atomic E-state index is -0.446. The quantitative estimate of drug-likeness (QED) is 0.671. The minimum Gasteiger partial charge on any atom is -0.423 e. The van der Waals surface area contributed by atoms with Crippen molar-refractivity contribution in [2.75, 3.05) is 25.5 Å². The Bertz CT molecular complexity index is 624. The zero-order valence-electron chi connectivity index (χ0n) is 10.5. The van der Waals surface area contributed by atoms with E-state index in [2.05, 4.69) is 22.2 Å². The van der Waals surface area contributed by atoms with Crippen molar-refractivity contribution in [1.82, 2.24) is 9.88 Å². The molecular formula is C12H14N4O3. The number of hydrogen-bond acceptors (Lipinski definition) is 6. The summed E-state index contributed by atoms with van der Waals surface area (Å²) in [6.45, 7) is 1.94. The molecule has 0 saturated carbocycles. The van der Waals surface area contributed by atoms with Gasteiger partial charge in [0, 0.05) is 18.7 Å². The Morgan fingerprint density at radius 3 is 3.11 bits per heavy atom. The number of nitrogens with one attached hydrogen (secondary N) is 1. The summed E-state index contributed by atoms with van der Waals surface area (Å²) < 4.78 is 5.51. The highest BCUT2D eigenvalue weighted by Crippen LogP contribution is 2.28. The van der Waals surface area contributed by atoms with Gasteiger partial charge >= 0.3 is 0 Å². The highest BCUT2D eigenvalue weighted by atomic mass is 16.6. The van der Waals surface area contributed by atoms with Crippen LogP contribution in [0, 0.1) is 10.1 Å². The maximum atomic E-state index is 10.9. The Kier molecular flexibility index (Phi) is 2.83. The van der Waals surface area contributed by atoms with E-state index in [0.29, 0.717) is 17.1 Å². The summed E-state index contributed by atoms with van der Waals surface area (Å²) in [6, 6.07) is 5.33. The van der Waals surface area contributed by atoms with Crippen molar-refractivity contribution in [1.29, 1.82) is 0 Å². The van der Waals surface area contributed by atoms with E-state index in [9.17, 15) is 10.1 Å². The number of benzene rings is 1. The summed E-state index contributed by atoms with van der Waals surface area (Å²) in [6.07, 6.45) is 1.01. The predicted molar refractivity (Wildman–Crippen MR) is 70.2 cm³/mol. The van der Waals surface area contributed by atoms with Crippen molar-refractivity contribution in [2.45, 2.75) is 12.5 Å². The highest BCUT2D eigenvalue weighted by molar-refractivity contribution is 5.84. The monoisotopic (exact) mass is 262 g/mol. The number of nitro groups is 1. The first-order valence-corrected chi connectivity index (χ1v) is 6.12. The van der Waals surface area contributed by atoms with Gasteiger partial charge in [-0.25, -0.2) is 0 Å². The summed E-state index contributed by atoms with van der Waals surface area (Å²) in [5.41, 5.74) is 0.697. The van der Waals surface area contributed by atoms with Gasteiger partial charge in [-0.1, -0.05) is 6.07 Å². The molecule has 7 heteroatoms. The number of hydrogen-bond donors (Lipinski definition) is 1. The third-order valence-corrected chi connectivity index (χ3v) is 3.31. The van der Waals surface area contributed by atoms with Gasteiger partial charge in [-0.05, 0) is 26.1 Å². The molecule has 0 aliphatic carbocycles. The maximum Gasteiger partial charge on any atom is 0.298 e. The Morgan fingerprint density at radius 1 is 1.58 bits per heavy atom.